The summed E-state index contributed by atoms with van der Waals surface area (Å²) in [4.78, 5) is 10.2. The molecule has 0 bridgehead atoms. The normalized spacial score (nSPS) is 14.6. The van der Waals surface area contributed by atoms with Crippen molar-refractivity contribution in [2.45, 2.75) is 19.6 Å². The van der Waals surface area contributed by atoms with Crippen LogP contribution in [0.3, 0.4) is 0 Å². The van der Waals surface area contributed by atoms with Gasteiger partial charge in [0.2, 0.25) is 0 Å². The van der Waals surface area contributed by atoms with E-state index in [4.69, 9.17) is 9.47 Å². The molecule has 15 rings (SSSR count). The first-order chi connectivity index (χ1) is 31.3. The maximum atomic E-state index is 7.07. The molecule has 0 radical (unpaired) electrons. The first kappa shape index (κ1) is 34.6. The number of rotatable bonds is 2. The highest BCUT2D eigenvalue weighted by atomic mass is 32.2. The number of hydrogen-bond acceptors (Lipinski definition) is 6. The van der Waals surface area contributed by atoms with E-state index in [1.54, 1.807) is 0 Å². The van der Waals surface area contributed by atoms with Gasteiger partial charge in [0, 0.05) is 65.8 Å². The highest BCUT2D eigenvalue weighted by molar-refractivity contribution is 8.00. The molecule has 290 valence electrons. The second-order valence-corrected chi connectivity index (χ2v) is 19.1. The van der Waals surface area contributed by atoms with E-state index < -0.39 is 0 Å². The number of anilines is 6. The molecule has 6 aliphatic rings. The molecule has 0 aromatic heterocycles. The number of fused-ring (bicyclic) bond motifs is 14. The average Bonchev–Trinajstić information content (AvgIpc) is 3.34. The van der Waals surface area contributed by atoms with Gasteiger partial charge in [0.15, 0.2) is 0 Å². The third-order valence-corrected chi connectivity index (χ3v) is 16.3. The van der Waals surface area contributed by atoms with Crippen LogP contribution in [0.5, 0.6) is 23.0 Å². The zero-order chi connectivity index (χ0) is 40.9. The second-order valence-electron chi connectivity index (χ2n) is 17.0. The molecule has 0 amide bonds. The Morgan fingerprint density at radius 2 is 0.730 bits per heavy atom. The van der Waals surface area contributed by atoms with Crippen molar-refractivity contribution in [3.8, 4) is 23.0 Å². The van der Waals surface area contributed by atoms with E-state index in [1.807, 2.05) is 23.5 Å². The monoisotopic (exact) mass is 836 g/mol. The summed E-state index contributed by atoms with van der Waals surface area (Å²) < 4.78 is 14.1. The Balaban J connectivity index is 1.11. The molecule has 6 heterocycles. The molecule has 0 unspecified atom stereocenters. The summed E-state index contributed by atoms with van der Waals surface area (Å²) in [6.07, 6.45) is 0. The molecule has 9 aromatic rings. The van der Waals surface area contributed by atoms with Crippen LogP contribution in [0.25, 0.3) is 0 Å². The first-order valence-corrected chi connectivity index (χ1v) is 23.2. The third-order valence-electron chi connectivity index (χ3n) is 13.9. The molecule has 9 aromatic carbocycles. The van der Waals surface area contributed by atoms with Crippen molar-refractivity contribution in [3.63, 3.8) is 0 Å². The summed E-state index contributed by atoms with van der Waals surface area (Å²) in [6.45, 7) is -0.0514. The Morgan fingerprint density at radius 3 is 1.21 bits per heavy atom. The molecule has 4 nitrogen and oxygen atoms in total. The van der Waals surface area contributed by atoms with Gasteiger partial charge in [-0.25, -0.2) is 0 Å². The van der Waals surface area contributed by atoms with Gasteiger partial charge in [-0.1, -0.05) is 150 Å². The van der Waals surface area contributed by atoms with Gasteiger partial charge in [-0.05, 0) is 98.9 Å². The SMILES string of the molecule is c1ccc(N2c3cccc4c3B(c3c2cc2c5c3Sc3ccccc3B5c3ccccc3O2)c2c(cc3c5c2Sc2ccccc2B5c2ccccc2O3)N4c2ccccc2)cc1. The highest BCUT2D eigenvalue weighted by Gasteiger charge is 2.52. The molecule has 0 fully saturated rings. The molecule has 63 heavy (non-hydrogen) atoms. The van der Waals surface area contributed by atoms with Gasteiger partial charge in [0.25, 0.3) is 20.1 Å². The summed E-state index contributed by atoms with van der Waals surface area (Å²) in [7, 11) is 0. The quantitative estimate of drug-likeness (QED) is 0.164. The van der Waals surface area contributed by atoms with Crippen LogP contribution < -0.4 is 68.4 Å². The van der Waals surface area contributed by atoms with Crippen molar-refractivity contribution < 1.29 is 9.47 Å². The second kappa shape index (κ2) is 12.8. The molecule has 0 N–H and O–H groups in total. The zero-order valence-corrected chi connectivity index (χ0v) is 35.3. The van der Waals surface area contributed by atoms with Crippen molar-refractivity contribution in [1.82, 2.24) is 0 Å². The Labute approximate surface area is 374 Å². The lowest BCUT2D eigenvalue weighted by atomic mass is 9.29. The van der Waals surface area contributed by atoms with Gasteiger partial charge in [0.1, 0.15) is 23.0 Å². The zero-order valence-electron chi connectivity index (χ0n) is 33.7. The summed E-state index contributed by atoms with van der Waals surface area (Å²) in [5, 5.41) is 0. The largest absolute Gasteiger partial charge is 0.458 e. The lowest BCUT2D eigenvalue weighted by Crippen LogP contribution is -2.67. The Hall–Kier alpha value is -6.93. The lowest BCUT2D eigenvalue weighted by Gasteiger charge is -2.47. The summed E-state index contributed by atoms with van der Waals surface area (Å²) >= 11 is 3.83. The van der Waals surface area contributed by atoms with Crippen molar-refractivity contribution >= 4 is 127 Å². The van der Waals surface area contributed by atoms with Gasteiger partial charge < -0.3 is 19.3 Å². The molecule has 6 aliphatic heterocycles. The van der Waals surface area contributed by atoms with E-state index in [0.29, 0.717) is 0 Å². The fourth-order valence-corrected chi connectivity index (χ4v) is 14.1. The van der Waals surface area contributed by atoms with Crippen LogP contribution in [-0.2, 0) is 0 Å². The van der Waals surface area contributed by atoms with Crippen LogP contribution in [-0.4, -0.2) is 20.1 Å². The average molecular weight is 836 g/mol. The Morgan fingerprint density at radius 1 is 0.317 bits per heavy atom. The maximum absolute atomic E-state index is 7.07. The van der Waals surface area contributed by atoms with E-state index in [-0.39, 0.29) is 20.1 Å². The van der Waals surface area contributed by atoms with Crippen LogP contribution >= 0.6 is 23.5 Å². The summed E-state index contributed by atoms with van der Waals surface area (Å²) in [5.41, 5.74) is 18.4. The van der Waals surface area contributed by atoms with Crippen LogP contribution in [0.2, 0.25) is 0 Å². The molecule has 9 heteroatoms. The van der Waals surface area contributed by atoms with Crippen LogP contribution in [0, 0.1) is 0 Å². The van der Waals surface area contributed by atoms with Crippen molar-refractivity contribution in [2.24, 2.45) is 0 Å². The van der Waals surface area contributed by atoms with E-state index >= 15 is 0 Å². The van der Waals surface area contributed by atoms with Crippen molar-refractivity contribution in [3.05, 3.63) is 188 Å². The predicted molar refractivity (Wildman–Crippen MR) is 264 cm³/mol. The number of para-hydroxylation sites is 4. The Bertz CT molecular complexity index is 3230. The fraction of sp³-hybridized carbons (Fsp3) is 0. The number of hydrogen-bond donors (Lipinski definition) is 0. The third kappa shape index (κ3) is 4.63. The predicted octanol–water partition coefficient (Wildman–Crippen LogP) is 7.94. The minimum atomic E-state index is -0.118. The summed E-state index contributed by atoms with van der Waals surface area (Å²) in [6, 6.07) is 68.8. The molecule has 0 atom stereocenters. The van der Waals surface area contributed by atoms with Gasteiger partial charge in [-0.2, -0.15) is 0 Å². The molecule has 0 aliphatic carbocycles. The van der Waals surface area contributed by atoms with Crippen LogP contribution in [0.4, 0.5) is 34.1 Å². The summed E-state index contributed by atoms with van der Waals surface area (Å²) in [5.74, 6) is 3.70. The molecular weight excluding hydrogens is 805 g/mol. The molecular formula is C54H31B3N2O2S2. The molecule has 0 spiro atoms. The molecule has 0 saturated carbocycles. The minimum Gasteiger partial charge on any atom is -0.458 e. The van der Waals surface area contributed by atoms with Gasteiger partial charge >= 0.3 is 0 Å². The topological polar surface area (TPSA) is 24.9 Å². The van der Waals surface area contributed by atoms with Crippen LogP contribution in [0.15, 0.2) is 208 Å². The van der Waals surface area contributed by atoms with E-state index in [9.17, 15) is 0 Å². The minimum absolute atomic E-state index is 0.0332. The van der Waals surface area contributed by atoms with Gasteiger partial charge in [-0.3, -0.25) is 0 Å². The van der Waals surface area contributed by atoms with Gasteiger partial charge in [-0.15, -0.1) is 0 Å². The molecule has 0 saturated heterocycles. The fourth-order valence-electron chi connectivity index (χ4n) is 11.5. The maximum Gasteiger partial charge on any atom is 0.255 e. The Kier molecular flexibility index (Phi) is 7.05. The lowest BCUT2D eigenvalue weighted by molar-refractivity contribution is 0.486. The van der Waals surface area contributed by atoms with E-state index in [1.165, 1.54) is 80.1 Å². The number of nitrogens with zero attached hydrogens (tertiary/aromatic N) is 2. The number of ether oxygens (including phenoxy) is 2. The van der Waals surface area contributed by atoms with E-state index in [0.717, 1.165) is 45.7 Å². The van der Waals surface area contributed by atoms with Gasteiger partial charge in [0.05, 0.1) is 0 Å². The van der Waals surface area contributed by atoms with Crippen molar-refractivity contribution in [2.75, 3.05) is 9.80 Å². The van der Waals surface area contributed by atoms with E-state index in [2.05, 4.69) is 198 Å². The highest BCUT2D eigenvalue weighted by Crippen LogP contribution is 2.50. The van der Waals surface area contributed by atoms with Crippen molar-refractivity contribution in [1.29, 1.82) is 0 Å². The smallest absolute Gasteiger partial charge is 0.255 e. The standard InChI is InChI=1S/C54H31B3N2O2S2/c1-3-16-32(17-4-1)58-38-24-15-25-39-48(38)57(49-40(58)30-44-51-53(49)62-46-28-13-9-22-36(46)55(51)34-20-7-11-26-42(34)60-44)50-41(59(39)33-18-5-2-6-19-33)31-45-52-54(50)63-47-29-14-10-23-37(47)56(52)35-21-8-12-27-43(35)61-45/h1-31H. The number of benzene rings is 9. The van der Waals surface area contributed by atoms with Crippen LogP contribution in [0.1, 0.15) is 0 Å². The first-order valence-electron chi connectivity index (χ1n) is 21.6.